The summed E-state index contributed by atoms with van der Waals surface area (Å²) in [5, 5.41) is 4.24. The van der Waals surface area contributed by atoms with Crippen molar-refractivity contribution in [1.29, 1.82) is 0 Å². The standard InChI is InChI=1S/C12H15BrClNOS/c1-16-12-10(13)6-8(14)7-11(12)15-9-2-4-17-5-3-9/h6-7,9,15H,2-5H2,1H3. The van der Waals surface area contributed by atoms with Crippen LogP contribution in [0.25, 0.3) is 0 Å². The Morgan fingerprint density at radius 1 is 1.41 bits per heavy atom. The lowest BCUT2D eigenvalue weighted by molar-refractivity contribution is 0.413. The molecule has 1 heterocycles. The van der Waals surface area contributed by atoms with E-state index in [0.29, 0.717) is 11.1 Å². The monoisotopic (exact) mass is 335 g/mol. The van der Waals surface area contributed by atoms with Crippen molar-refractivity contribution in [2.75, 3.05) is 23.9 Å². The van der Waals surface area contributed by atoms with Crippen molar-refractivity contribution >= 4 is 45.0 Å². The van der Waals surface area contributed by atoms with E-state index in [4.69, 9.17) is 16.3 Å². The number of nitrogens with one attached hydrogen (secondary N) is 1. The molecule has 0 aliphatic carbocycles. The molecule has 0 saturated carbocycles. The number of hydrogen-bond acceptors (Lipinski definition) is 3. The molecular formula is C12H15BrClNOS. The highest BCUT2D eigenvalue weighted by Gasteiger charge is 2.16. The first kappa shape index (κ1) is 13.4. The molecule has 1 fully saturated rings. The van der Waals surface area contributed by atoms with E-state index in [-0.39, 0.29) is 0 Å². The van der Waals surface area contributed by atoms with Crippen LogP contribution >= 0.6 is 39.3 Å². The van der Waals surface area contributed by atoms with Crippen molar-refractivity contribution in [3.05, 3.63) is 21.6 Å². The maximum absolute atomic E-state index is 6.07. The fourth-order valence-corrected chi connectivity index (χ4v) is 4.02. The van der Waals surface area contributed by atoms with Crippen LogP contribution in [0.2, 0.25) is 5.02 Å². The van der Waals surface area contributed by atoms with Crippen LogP contribution in [0.15, 0.2) is 16.6 Å². The molecule has 0 amide bonds. The summed E-state index contributed by atoms with van der Waals surface area (Å²) in [4.78, 5) is 0. The molecule has 0 radical (unpaired) electrons. The van der Waals surface area contributed by atoms with E-state index in [9.17, 15) is 0 Å². The minimum absolute atomic E-state index is 0.524. The second-order valence-electron chi connectivity index (χ2n) is 4.00. The van der Waals surface area contributed by atoms with E-state index in [2.05, 4.69) is 21.2 Å². The van der Waals surface area contributed by atoms with Crippen molar-refractivity contribution in [2.24, 2.45) is 0 Å². The predicted octanol–water partition coefficient (Wildman–Crippen LogP) is 4.42. The van der Waals surface area contributed by atoms with Crippen molar-refractivity contribution in [3.63, 3.8) is 0 Å². The van der Waals surface area contributed by atoms with E-state index in [1.807, 2.05) is 23.9 Å². The topological polar surface area (TPSA) is 21.3 Å². The Kier molecular flexibility index (Phi) is 4.88. The number of benzene rings is 1. The summed E-state index contributed by atoms with van der Waals surface area (Å²) >= 11 is 11.6. The molecule has 1 aromatic carbocycles. The lowest BCUT2D eigenvalue weighted by atomic mass is 10.1. The average molecular weight is 337 g/mol. The van der Waals surface area contributed by atoms with Crippen LogP contribution in [0.1, 0.15) is 12.8 Å². The molecule has 1 N–H and O–H groups in total. The summed E-state index contributed by atoms with van der Waals surface area (Å²) in [6.07, 6.45) is 2.38. The molecule has 0 spiro atoms. The van der Waals surface area contributed by atoms with Crippen LogP contribution in [-0.4, -0.2) is 24.7 Å². The number of anilines is 1. The molecule has 5 heteroatoms. The van der Waals surface area contributed by atoms with Crippen LogP contribution in [-0.2, 0) is 0 Å². The Morgan fingerprint density at radius 3 is 2.76 bits per heavy atom. The highest BCUT2D eigenvalue weighted by atomic mass is 79.9. The van der Waals surface area contributed by atoms with Crippen LogP contribution in [0.4, 0.5) is 5.69 Å². The summed E-state index contributed by atoms with van der Waals surface area (Å²) in [6.45, 7) is 0. The molecule has 1 aliphatic rings. The van der Waals surface area contributed by atoms with Crippen LogP contribution < -0.4 is 10.1 Å². The van der Waals surface area contributed by atoms with Gasteiger partial charge in [0, 0.05) is 11.1 Å². The average Bonchev–Trinajstić information content (AvgIpc) is 2.30. The van der Waals surface area contributed by atoms with Gasteiger partial charge in [-0.25, -0.2) is 0 Å². The molecule has 2 rings (SSSR count). The molecule has 0 unspecified atom stereocenters. The van der Waals surface area contributed by atoms with E-state index in [0.717, 1.165) is 15.9 Å². The van der Waals surface area contributed by atoms with Gasteiger partial charge >= 0.3 is 0 Å². The number of hydrogen-bond donors (Lipinski definition) is 1. The Labute approximate surface area is 120 Å². The minimum Gasteiger partial charge on any atom is -0.493 e. The first-order valence-electron chi connectivity index (χ1n) is 5.58. The number of halogens is 2. The zero-order chi connectivity index (χ0) is 12.3. The maximum Gasteiger partial charge on any atom is 0.156 e. The van der Waals surface area contributed by atoms with Gasteiger partial charge in [-0.2, -0.15) is 11.8 Å². The zero-order valence-electron chi connectivity index (χ0n) is 9.63. The van der Waals surface area contributed by atoms with Crippen molar-refractivity contribution in [3.8, 4) is 5.75 Å². The Bertz CT molecular complexity index is 396. The van der Waals surface area contributed by atoms with Gasteiger partial charge in [0.05, 0.1) is 17.3 Å². The molecule has 0 atom stereocenters. The quantitative estimate of drug-likeness (QED) is 0.883. The van der Waals surface area contributed by atoms with Gasteiger partial charge in [0.15, 0.2) is 5.75 Å². The second-order valence-corrected chi connectivity index (χ2v) is 6.51. The molecular weight excluding hydrogens is 322 g/mol. The normalized spacial score (nSPS) is 16.9. The molecule has 1 aromatic rings. The van der Waals surface area contributed by atoms with Gasteiger partial charge in [-0.3, -0.25) is 0 Å². The van der Waals surface area contributed by atoms with Gasteiger partial charge in [0.1, 0.15) is 0 Å². The molecule has 2 nitrogen and oxygen atoms in total. The first-order valence-corrected chi connectivity index (χ1v) is 7.90. The second kappa shape index (κ2) is 6.21. The highest BCUT2D eigenvalue weighted by molar-refractivity contribution is 9.10. The lowest BCUT2D eigenvalue weighted by Gasteiger charge is -2.25. The first-order chi connectivity index (χ1) is 8.20. The number of thioether (sulfide) groups is 1. The molecule has 0 aromatic heterocycles. The Balaban J connectivity index is 2.18. The highest BCUT2D eigenvalue weighted by Crippen LogP contribution is 2.37. The largest absolute Gasteiger partial charge is 0.493 e. The fourth-order valence-electron chi connectivity index (χ4n) is 1.94. The van der Waals surface area contributed by atoms with E-state index >= 15 is 0 Å². The van der Waals surface area contributed by atoms with Crippen LogP contribution in [0.3, 0.4) is 0 Å². The summed E-state index contributed by atoms with van der Waals surface area (Å²) in [5.41, 5.74) is 0.976. The lowest BCUT2D eigenvalue weighted by Crippen LogP contribution is -2.24. The molecule has 0 bridgehead atoms. The van der Waals surface area contributed by atoms with E-state index in [1.165, 1.54) is 24.3 Å². The SMILES string of the molecule is COc1c(Br)cc(Cl)cc1NC1CCSCC1. The summed E-state index contributed by atoms with van der Waals surface area (Å²) in [6, 6.07) is 4.30. The third-order valence-electron chi connectivity index (χ3n) is 2.79. The van der Waals surface area contributed by atoms with Crippen LogP contribution in [0.5, 0.6) is 5.75 Å². The molecule has 94 valence electrons. The van der Waals surface area contributed by atoms with Gasteiger partial charge in [-0.05, 0) is 52.4 Å². The summed E-state index contributed by atoms with van der Waals surface area (Å²) in [5.74, 6) is 3.27. The Morgan fingerprint density at radius 2 is 2.12 bits per heavy atom. The molecule has 1 aliphatic heterocycles. The van der Waals surface area contributed by atoms with E-state index < -0.39 is 0 Å². The molecule has 1 saturated heterocycles. The number of ether oxygens (including phenoxy) is 1. The third-order valence-corrected chi connectivity index (χ3v) is 4.65. The summed E-state index contributed by atoms with van der Waals surface area (Å²) < 4.78 is 6.29. The summed E-state index contributed by atoms with van der Waals surface area (Å²) in [7, 11) is 1.68. The van der Waals surface area contributed by atoms with Crippen molar-refractivity contribution in [2.45, 2.75) is 18.9 Å². The smallest absolute Gasteiger partial charge is 0.156 e. The zero-order valence-corrected chi connectivity index (χ0v) is 12.8. The van der Waals surface area contributed by atoms with Gasteiger partial charge in [0.2, 0.25) is 0 Å². The van der Waals surface area contributed by atoms with E-state index in [1.54, 1.807) is 7.11 Å². The van der Waals surface area contributed by atoms with Crippen LogP contribution in [0, 0.1) is 0 Å². The van der Waals surface area contributed by atoms with Gasteiger partial charge in [-0.1, -0.05) is 11.6 Å². The number of rotatable bonds is 3. The fraction of sp³-hybridized carbons (Fsp3) is 0.500. The Hall–Kier alpha value is -0.0600. The molecule has 17 heavy (non-hydrogen) atoms. The maximum atomic E-state index is 6.07. The van der Waals surface area contributed by atoms with Gasteiger partial charge in [0.25, 0.3) is 0 Å². The van der Waals surface area contributed by atoms with Gasteiger partial charge in [-0.15, -0.1) is 0 Å². The van der Waals surface area contributed by atoms with Crippen molar-refractivity contribution < 1.29 is 4.74 Å². The van der Waals surface area contributed by atoms with Gasteiger partial charge < -0.3 is 10.1 Å². The predicted molar refractivity (Wildman–Crippen MR) is 79.7 cm³/mol. The van der Waals surface area contributed by atoms with Crippen molar-refractivity contribution in [1.82, 2.24) is 0 Å². The minimum atomic E-state index is 0.524. The number of methoxy groups -OCH3 is 1. The third kappa shape index (κ3) is 3.46.